The molecule has 2 heterocycles. The zero-order valence-corrected chi connectivity index (χ0v) is 11.6. The summed E-state index contributed by atoms with van der Waals surface area (Å²) in [5.41, 5.74) is -0.546. The second kappa shape index (κ2) is 5.00. The van der Waals surface area contributed by atoms with Gasteiger partial charge in [0.25, 0.3) is 0 Å². The van der Waals surface area contributed by atoms with E-state index in [0.29, 0.717) is 26.0 Å². The first-order valence-corrected chi connectivity index (χ1v) is 6.63. The van der Waals surface area contributed by atoms with Crippen LogP contribution in [0.4, 0.5) is 4.79 Å². The third-order valence-electron chi connectivity index (χ3n) is 3.53. The van der Waals surface area contributed by atoms with Gasteiger partial charge in [0, 0.05) is 13.2 Å². The Morgan fingerprint density at radius 1 is 1.32 bits per heavy atom. The number of hydrogen-bond donors (Lipinski definition) is 1. The number of aliphatic carboxylic acids is 1. The molecule has 3 atom stereocenters. The summed E-state index contributed by atoms with van der Waals surface area (Å²) in [5.74, 6) is -1.37. The fourth-order valence-electron chi connectivity index (χ4n) is 2.74. The van der Waals surface area contributed by atoms with E-state index in [2.05, 4.69) is 0 Å². The Morgan fingerprint density at radius 3 is 2.58 bits per heavy atom. The number of likely N-dealkylation sites (tertiary alicyclic amines) is 1. The molecule has 0 aliphatic carbocycles. The molecule has 0 radical (unpaired) electrons. The number of hydrogen-bond acceptors (Lipinski definition) is 4. The first-order valence-electron chi connectivity index (χ1n) is 6.63. The highest BCUT2D eigenvalue weighted by molar-refractivity contribution is 5.73. The van der Waals surface area contributed by atoms with Gasteiger partial charge < -0.3 is 19.5 Å². The van der Waals surface area contributed by atoms with E-state index in [1.54, 1.807) is 4.90 Å². The third kappa shape index (κ3) is 3.00. The molecule has 2 rings (SSSR count). The van der Waals surface area contributed by atoms with E-state index in [9.17, 15) is 14.7 Å². The minimum absolute atomic E-state index is 0.176. The molecule has 2 aliphatic rings. The minimum Gasteiger partial charge on any atom is -0.481 e. The van der Waals surface area contributed by atoms with Crippen molar-refractivity contribution >= 4 is 12.1 Å². The zero-order valence-electron chi connectivity index (χ0n) is 11.6. The normalized spacial score (nSPS) is 30.9. The number of piperidine rings is 1. The Labute approximate surface area is 112 Å². The van der Waals surface area contributed by atoms with Crippen molar-refractivity contribution in [2.45, 2.75) is 51.4 Å². The number of amides is 1. The average molecular weight is 271 g/mol. The summed E-state index contributed by atoms with van der Waals surface area (Å²) in [6.45, 7) is 6.36. The van der Waals surface area contributed by atoms with Crippen LogP contribution >= 0.6 is 0 Å². The van der Waals surface area contributed by atoms with Crippen molar-refractivity contribution in [3.8, 4) is 0 Å². The quantitative estimate of drug-likeness (QED) is 0.782. The fourth-order valence-corrected chi connectivity index (χ4v) is 2.74. The van der Waals surface area contributed by atoms with Crippen LogP contribution in [-0.4, -0.2) is 53.0 Å². The monoisotopic (exact) mass is 271 g/mol. The van der Waals surface area contributed by atoms with Gasteiger partial charge in [0.1, 0.15) is 5.60 Å². The average Bonchev–Trinajstić information content (AvgIpc) is 2.73. The lowest BCUT2D eigenvalue weighted by Crippen LogP contribution is -2.55. The van der Waals surface area contributed by atoms with Crippen molar-refractivity contribution < 1.29 is 24.2 Å². The van der Waals surface area contributed by atoms with Crippen LogP contribution in [0.2, 0.25) is 0 Å². The van der Waals surface area contributed by atoms with Crippen molar-refractivity contribution in [3.63, 3.8) is 0 Å². The summed E-state index contributed by atoms with van der Waals surface area (Å²) >= 11 is 0. The van der Waals surface area contributed by atoms with Gasteiger partial charge in [-0.2, -0.15) is 0 Å². The second-order valence-electron chi connectivity index (χ2n) is 6.10. The Bertz CT molecular complexity index is 376. The zero-order chi connectivity index (χ0) is 14.2. The summed E-state index contributed by atoms with van der Waals surface area (Å²) in [6.07, 6.45) is 0.305. The topological polar surface area (TPSA) is 76.1 Å². The molecule has 0 unspecified atom stereocenters. The van der Waals surface area contributed by atoms with Gasteiger partial charge in [-0.3, -0.25) is 4.79 Å². The molecule has 0 spiro atoms. The largest absolute Gasteiger partial charge is 0.481 e. The molecule has 2 saturated heterocycles. The van der Waals surface area contributed by atoms with E-state index < -0.39 is 23.6 Å². The van der Waals surface area contributed by atoms with Gasteiger partial charge in [0.15, 0.2) is 0 Å². The van der Waals surface area contributed by atoms with Crippen LogP contribution in [0.1, 0.15) is 33.6 Å². The van der Waals surface area contributed by atoms with Crippen molar-refractivity contribution in [2.24, 2.45) is 5.92 Å². The van der Waals surface area contributed by atoms with Crippen molar-refractivity contribution in [3.05, 3.63) is 0 Å². The van der Waals surface area contributed by atoms with E-state index in [0.717, 1.165) is 0 Å². The van der Waals surface area contributed by atoms with Crippen molar-refractivity contribution in [1.29, 1.82) is 0 Å². The molecule has 6 heteroatoms. The smallest absolute Gasteiger partial charge is 0.410 e. The molecule has 2 fully saturated rings. The molecule has 108 valence electrons. The van der Waals surface area contributed by atoms with Gasteiger partial charge in [-0.25, -0.2) is 4.79 Å². The standard InChI is InChI=1S/C13H21NO5/c1-13(2,3)19-12(17)14-6-4-8(11(15)16)10-9(14)5-7-18-10/h8-10H,4-7H2,1-3H3,(H,15,16)/t8-,9+,10-/m0/s1. The van der Waals surface area contributed by atoms with Crippen LogP contribution in [0.5, 0.6) is 0 Å². The molecule has 1 amide bonds. The van der Waals surface area contributed by atoms with Crippen molar-refractivity contribution in [2.75, 3.05) is 13.2 Å². The van der Waals surface area contributed by atoms with Gasteiger partial charge in [0.05, 0.1) is 18.1 Å². The maximum Gasteiger partial charge on any atom is 0.410 e. The van der Waals surface area contributed by atoms with Crippen molar-refractivity contribution in [1.82, 2.24) is 4.90 Å². The van der Waals surface area contributed by atoms with Crippen LogP contribution in [0.3, 0.4) is 0 Å². The molecule has 0 aromatic carbocycles. The second-order valence-corrected chi connectivity index (χ2v) is 6.10. The Morgan fingerprint density at radius 2 is 2.00 bits per heavy atom. The lowest BCUT2D eigenvalue weighted by molar-refractivity contribution is -0.150. The van der Waals surface area contributed by atoms with Gasteiger partial charge in [0.2, 0.25) is 0 Å². The van der Waals surface area contributed by atoms with Crippen LogP contribution in [0, 0.1) is 5.92 Å². The summed E-state index contributed by atoms with van der Waals surface area (Å²) < 4.78 is 10.9. The SMILES string of the molecule is CC(C)(C)OC(=O)N1CC[C@H](C(=O)O)[C@@H]2OCC[C@H]21. The van der Waals surface area contributed by atoms with Gasteiger partial charge >= 0.3 is 12.1 Å². The summed E-state index contributed by atoms with van der Waals surface area (Å²) in [6, 6.07) is -0.176. The first-order chi connectivity index (χ1) is 8.79. The first kappa shape index (κ1) is 14.1. The van der Waals surface area contributed by atoms with E-state index in [4.69, 9.17) is 9.47 Å². The summed E-state index contributed by atoms with van der Waals surface area (Å²) in [5, 5.41) is 9.18. The fraction of sp³-hybridized carbons (Fsp3) is 0.846. The highest BCUT2D eigenvalue weighted by Crippen LogP contribution is 2.33. The van der Waals surface area contributed by atoms with Gasteiger partial charge in [-0.05, 0) is 33.6 Å². The molecular formula is C13H21NO5. The maximum absolute atomic E-state index is 12.1. The number of carboxylic acid groups (broad SMARTS) is 1. The third-order valence-corrected chi connectivity index (χ3v) is 3.53. The number of carbonyl (C=O) groups is 2. The van der Waals surface area contributed by atoms with Crippen LogP contribution in [0.25, 0.3) is 0 Å². The van der Waals surface area contributed by atoms with Gasteiger partial charge in [-0.1, -0.05) is 0 Å². The van der Waals surface area contributed by atoms with Crippen LogP contribution < -0.4 is 0 Å². The molecule has 19 heavy (non-hydrogen) atoms. The predicted molar refractivity (Wildman–Crippen MR) is 66.8 cm³/mol. The number of ether oxygens (including phenoxy) is 2. The Kier molecular flexibility index (Phi) is 3.71. The highest BCUT2D eigenvalue weighted by atomic mass is 16.6. The maximum atomic E-state index is 12.1. The lowest BCUT2D eigenvalue weighted by Gasteiger charge is -2.40. The Hall–Kier alpha value is -1.30. The number of nitrogens with zero attached hydrogens (tertiary/aromatic N) is 1. The minimum atomic E-state index is -0.847. The molecule has 0 saturated carbocycles. The van der Waals surface area contributed by atoms with Crippen LogP contribution in [-0.2, 0) is 14.3 Å². The lowest BCUT2D eigenvalue weighted by atomic mass is 9.88. The molecule has 0 aromatic rings. The Balaban J connectivity index is 2.08. The highest BCUT2D eigenvalue weighted by Gasteiger charge is 2.47. The molecule has 0 bridgehead atoms. The van der Waals surface area contributed by atoms with Crippen LogP contribution in [0.15, 0.2) is 0 Å². The molecule has 2 aliphatic heterocycles. The van der Waals surface area contributed by atoms with E-state index in [1.807, 2.05) is 20.8 Å². The van der Waals surface area contributed by atoms with Gasteiger partial charge in [-0.15, -0.1) is 0 Å². The number of fused-ring (bicyclic) bond motifs is 1. The number of rotatable bonds is 1. The van der Waals surface area contributed by atoms with E-state index >= 15 is 0 Å². The molecule has 1 N–H and O–H groups in total. The number of carboxylic acids is 1. The predicted octanol–water partition coefficient (Wildman–Crippen LogP) is 1.49. The molecular weight excluding hydrogens is 250 g/mol. The summed E-state index contributed by atoms with van der Waals surface area (Å²) in [4.78, 5) is 24.9. The molecule has 0 aromatic heterocycles. The summed E-state index contributed by atoms with van der Waals surface area (Å²) in [7, 11) is 0. The molecule has 6 nitrogen and oxygen atoms in total. The number of carbonyl (C=O) groups excluding carboxylic acids is 1. The van der Waals surface area contributed by atoms with E-state index in [1.165, 1.54) is 0 Å². The van der Waals surface area contributed by atoms with E-state index in [-0.39, 0.29) is 12.1 Å².